The van der Waals surface area contributed by atoms with Crippen molar-refractivity contribution < 1.29 is 14.6 Å². The maximum Gasteiger partial charge on any atom is 0.303 e. The molecule has 2 aromatic carbocycles. The Kier molecular flexibility index (Phi) is 5.24. The van der Waals surface area contributed by atoms with E-state index in [0.29, 0.717) is 6.42 Å². The first-order valence-corrected chi connectivity index (χ1v) is 8.70. The number of aromatic nitrogens is 1. The lowest BCUT2D eigenvalue weighted by Gasteiger charge is -2.15. The molecule has 0 amide bonds. The Morgan fingerprint density at radius 1 is 1.12 bits per heavy atom. The van der Waals surface area contributed by atoms with Crippen molar-refractivity contribution in [1.82, 2.24) is 4.57 Å². The number of carboxylic acid groups (broad SMARTS) is 1. The smallest absolute Gasteiger partial charge is 0.303 e. The van der Waals surface area contributed by atoms with E-state index in [2.05, 4.69) is 20.5 Å². The Bertz CT molecular complexity index is 884. The maximum absolute atomic E-state index is 11.0. The number of hydrogen-bond donors (Lipinski definition) is 1. The number of methoxy groups -OCH3 is 1. The van der Waals surface area contributed by atoms with Crippen molar-refractivity contribution >= 4 is 21.9 Å². The lowest BCUT2D eigenvalue weighted by molar-refractivity contribution is -0.136. The third-order valence-corrected chi connectivity index (χ3v) is 4.54. The number of ether oxygens (including phenoxy) is 1. The van der Waals surface area contributed by atoms with E-state index in [0.717, 1.165) is 32.9 Å². The average Bonchev–Trinajstić information content (AvgIpc) is 3.04. The van der Waals surface area contributed by atoms with Gasteiger partial charge in [0.15, 0.2) is 0 Å². The molecule has 0 bridgehead atoms. The van der Waals surface area contributed by atoms with Crippen LogP contribution in [0.1, 0.15) is 12.1 Å². The van der Waals surface area contributed by atoms with Gasteiger partial charge in [-0.15, -0.1) is 0 Å². The van der Waals surface area contributed by atoms with Crippen LogP contribution in [0.15, 0.2) is 65.1 Å². The van der Waals surface area contributed by atoms with Gasteiger partial charge in [-0.3, -0.25) is 4.79 Å². The third-order valence-electron chi connectivity index (χ3n) is 4.01. The van der Waals surface area contributed by atoms with Crippen LogP contribution in [0.25, 0.3) is 16.9 Å². The van der Waals surface area contributed by atoms with Gasteiger partial charge in [0.1, 0.15) is 5.75 Å². The number of aryl methyl sites for hydroxylation is 1. The second kappa shape index (κ2) is 7.57. The van der Waals surface area contributed by atoms with E-state index in [1.165, 1.54) is 0 Å². The molecule has 0 spiro atoms. The molecule has 0 saturated carbocycles. The van der Waals surface area contributed by atoms with Gasteiger partial charge in [0.2, 0.25) is 0 Å². The summed E-state index contributed by atoms with van der Waals surface area (Å²) in [6, 6.07) is 19.9. The minimum absolute atomic E-state index is 0.0910. The number of aliphatic carboxylic acids is 1. The third kappa shape index (κ3) is 3.94. The molecule has 0 atom stereocenters. The second-order valence-electron chi connectivity index (χ2n) is 5.65. The molecule has 1 N–H and O–H groups in total. The van der Waals surface area contributed by atoms with E-state index >= 15 is 0 Å². The van der Waals surface area contributed by atoms with E-state index in [9.17, 15) is 4.79 Å². The summed E-state index contributed by atoms with van der Waals surface area (Å²) in [7, 11) is 1.63. The summed E-state index contributed by atoms with van der Waals surface area (Å²) in [4.78, 5) is 11.0. The van der Waals surface area contributed by atoms with Crippen LogP contribution in [-0.2, 0) is 11.2 Å². The lowest BCUT2D eigenvalue weighted by Crippen LogP contribution is -2.05. The van der Waals surface area contributed by atoms with E-state index in [1.54, 1.807) is 7.11 Å². The van der Waals surface area contributed by atoms with Gasteiger partial charge < -0.3 is 14.4 Å². The molecule has 0 fully saturated rings. The van der Waals surface area contributed by atoms with Crippen LogP contribution in [0, 0.1) is 0 Å². The molecule has 4 nitrogen and oxygen atoms in total. The topological polar surface area (TPSA) is 51.5 Å². The molecule has 0 radical (unpaired) electrons. The van der Waals surface area contributed by atoms with Gasteiger partial charge in [-0.25, -0.2) is 0 Å². The van der Waals surface area contributed by atoms with Crippen molar-refractivity contribution in [2.45, 2.75) is 12.8 Å². The van der Waals surface area contributed by atoms with Gasteiger partial charge in [0, 0.05) is 21.9 Å². The molecule has 5 heteroatoms. The molecule has 1 aromatic heterocycles. The Labute approximate surface area is 154 Å². The first-order valence-electron chi connectivity index (χ1n) is 7.91. The molecule has 25 heavy (non-hydrogen) atoms. The van der Waals surface area contributed by atoms with Gasteiger partial charge in [0.05, 0.1) is 19.2 Å². The zero-order valence-electron chi connectivity index (χ0n) is 13.8. The van der Waals surface area contributed by atoms with Crippen molar-refractivity contribution in [2.75, 3.05) is 7.11 Å². The van der Waals surface area contributed by atoms with Crippen LogP contribution in [0.2, 0.25) is 0 Å². The quantitative estimate of drug-likeness (QED) is 0.638. The highest BCUT2D eigenvalue weighted by Gasteiger charge is 2.13. The molecule has 0 saturated heterocycles. The number of benzene rings is 2. The first-order chi connectivity index (χ1) is 12.1. The maximum atomic E-state index is 11.0. The highest BCUT2D eigenvalue weighted by molar-refractivity contribution is 9.10. The van der Waals surface area contributed by atoms with Gasteiger partial charge in [-0.2, -0.15) is 0 Å². The lowest BCUT2D eigenvalue weighted by atomic mass is 10.1. The summed E-state index contributed by atoms with van der Waals surface area (Å²) in [5, 5.41) is 9.04. The van der Waals surface area contributed by atoms with Crippen LogP contribution in [0.5, 0.6) is 5.75 Å². The second-order valence-corrected chi connectivity index (χ2v) is 6.56. The Hall–Kier alpha value is -2.53. The van der Waals surface area contributed by atoms with Crippen LogP contribution in [0.4, 0.5) is 0 Å². The predicted octanol–water partition coefficient (Wildman–Crippen LogP) is 4.93. The van der Waals surface area contributed by atoms with Crippen molar-refractivity contribution in [1.29, 1.82) is 0 Å². The highest BCUT2D eigenvalue weighted by Crippen LogP contribution is 2.29. The van der Waals surface area contributed by atoms with Crippen molar-refractivity contribution in [3.63, 3.8) is 0 Å². The molecule has 3 rings (SSSR count). The Morgan fingerprint density at radius 3 is 2.56 bits per heavy atom. The fourth-order valence-electron chi connectivity index (χ4n) is 2.81. The highest BCUT2D eigenvalue weighted by atomic mass is 79.9. The normalized spacial score (nSPS) is 10.6. The number of hydrogen-bond acceptors (Lipinski definition) is 2. The summed E-state index contributed by atoms with van der Waals surface area (Å²) in [6.07, 6.45) is 0.552. The van der Waals surface area contributed by atoms with Gasteiger partial charge in [-0.05, 0) is 48.4 Å². The van der Waals surface area contributed by atoms with Gasteiger partial charge in [0.25, 0.3) is 0 Å². The minimum Gasteiger partial charge on any atom is -0.497 e. The SMILES string of the molecule is COc1cccc(-n2c(CCC(=O)O)ccc2-c2ccc(Br)cc2)c1. The number of carboxylic acids is 1. The fraction of sp³-hybridized carbons (Fsp3) is 0.150. The molecule has 128 valence electrons. The summed E-state index contributed by atoms with van der Waals surface area (Å²) >= 11 is 3.46. The van der Waals surface area contributed by atoms with E-state index in [-0.39, 0.29) is 6.42 Å². The summed E-state index contributed by atoms with van der Waals surface area (Å²) in [6.45, 7) is 0. The van der Waals surface area contributed by atoms with E-state index < -0.39 is 5.97 Å². The summed E-state index contributed by atoms with van der Waals surface area (Å²) < 4.78 is 8.45. The molecule has 1 heterocycles. The molecular formula is C20H18BrNO3. The number of carbonyl (C=O) groups is 1. The minimum atomic E-state index is -0.802. The molecular weight excluding hydrogens is 382 g/mol. The molecule has 3 aromatic rings. The van der Waals surface area contributed by atoms with Gasteiger partial charge >= 0.3 is 5.97 Å². The Balaban J connectivity index is 2.11. The van der Waals surface area contributed by atoms with Crippen molar-refractivity contribution in [2.24, 2.45) is 0 Å². The number of halogens is 1. The average molecular weight is 400 g/mol. The van der Waals surface area contributed by atoms with E-state index in [1.807, 2.05) is 60.7 Å². The molecule has 0 unspecified atom stereocenters. The molecule has 0 aliphatic heterocycles. The zero-order chi connectivity index (χ0) is 17.8. The van der Waals surface area contributed by atoms with Crippen molar-refractivity contribution in [3.8, 4) is 22.7 Å². The van der Waals surface area contributed by atoms with Crippen LogP contribution < -0.4 is 4.74 Å². The predicted molar refractivity (Wildman–Crippen MR) is 101 cm³/mol. The fourth-order valence-corrected chi connectivity index (χ4v) is 3.07. The molecule has 0 aliphatic rings. The summed E-state index contributed by atoms with van der Waals surface area (Å²) in [5.74, 6) is -0.0410. The zero-order valence-corrected chi connectivity index (χ0v) is 15.4. The summed E-state index contributed by atoms with van der Waals surface area (Å²) in [5.41, 5.74) is 3.98. The number of rotatable bonds is 6. The van der Waals surface area contributed by atoms with Crippen LogP contribution in [-0.4, -0.2) is 22.8 Å². The Morgan fingerprint density at radius 2 is 1.88 bits per heavy atom. The van der Waals surface area contributed by atoms with Gasteiger partial charge in [-0.1, -0.05) is 34.1 Å². The van der Waals surface area contributed by atoms with Crippen molar-refractivity contribution in [3.05, 3.63) is 70.8 Å². The number of nitrogens with zero attached hydrogens (tertiary/aromatic N) is 1. The van der Waals surface area contributed by atoms with E-state index in [4.69, 9.17) is 9.84 Å². The molecule has 0 aliphatic carbocycles. The monoisotopic (exact) mass is 399 g/mol. The largest absolute Gasteiger partial charge is 0.497 e. The first kappa shape index (κ1) is 17.3. The standard InChI is InChI=1S/C20H18BrNO3/c1-25-18-4-2-3-17(13-18)22-16(10-12-20(23)24)9-11-19(22)14-5-7-15(21)8-6-14/h2-9,11,13H,10,12H2,1H3,(H,23,24). The van der Waals surface area contributed by atoms with Crippen LogP contribution in [0.3, 0.4) is 0 Å². The van der Waals surface area contributed by atoms with Crippen LogP contribution >= 0.6 is 15.9 Å².